The van der Waals surface area contributed by atoms with E-state index in [0.29, 0.717) is 25.2 Å². The number of carboxylic acids is 1. The van der Waals surface area contributed by atoms with Crippen LogP contribution in [0, 0.1) is 17.8 Å². The Labute approximate surface area is 172 Å². The molecular formula is C23H32O6. The summed E-state index contributed by atoms with van der Waals surface area (Å²) in [6.45, 7) is 4.23. The Hall–Kier alpha value is -2.37. The normalized spacial score (nSPS) is 22.5. The van der Waals surface area contributed by atoms with Crippen molar-refractivity contribution in [3.05, 3.63) is 35.9 Å². The number of aliphatic carboxylic acids is 1. The van der Waals surface area contributed by atoms with Crippen LogP contribution in [0.15, 0.2) is 30.3 Å². The molecule has 0 radical (unpaired) electrons. The quantitative estimate of drug-likeness (QED) is 0.583. The van der Waals surface area contributed by atoms with Gasteiger partial charge in [0, 0.05) is 0 Å². The molecule has 0 saturated heterocycles. The maximum atomic E-state index is 12.9. The van der Waals surface area contributed by atoms with Gasteiger partial charge in [-0.25, -0.2) is 0 Å². The number of hydrogen-bond acceptors (Lipinski definition) is 5. The summed E-state index contributed by atoms with van der Waals surface area (Å²) in [7, 11) is 0. The summed E-state index contributed by atoms with van der Waals surface area (Å²) >= 11 is 0. The SMILES string of the molecule is CCCCC(CC(=O)O)OC(=O)C1CC(C)CCC1C(=O)OCc1ccccc1. The average Bonchev–Trinajstić information content (AvgIpc) is 2.70. The number of carboxylic acid groups (broad SMARTS) is 1. The van der Waals surface area contributed by atoms with E-state index in [2.05, 4.69) is 6.92 Å². The van der Waals surface area contributed by atoms with Crippen LogP contribution >= 0.6 is 0 Å². The van der Waals surface area contributed by atoms with Crippen LogP contribution < -0.4 is 0 Å². The van der Waals surface area contributed by atoms with E-state index in [9.17, 15) is 14.4 Å². The average molecular weight is 405 g/mol. The Balaban J connectivity index is 2.01. The highest BCUT2D eigenvalue weighted by atomic mass is 16.5. The molecule has 1 fully saturated rings. The van der Waals surface area contributed by atoms with Crippen molar-refractivity contribution < 1.29 is 29.0 Å². The van der Waals surface area contributed by atoms with E-state index in [0.717, 1.165) is 24.8 Å². The molecule has 160 valence electrons. The summed E-state index contributed by atoms with van der Waals surface area (Å²) in [6.07, 6.45) is 3.31. The van der Waals surface area contributed by atoms with Crippen LogP contribution in [0.25, 0.3) is 0 Å². The molecule has 6 nitrogen and oxygen atoms in total. The predicted molar refractivity (Wildman–Crippen MR) is 108 cm³/mol. The summed E-state index contributed by atoms with van der Waals surface area (Å²) in [6, 6.07) is 9.42. The lowest BCUT2D eigenvalue weighted by molar-refractivity contribution is -0.169. The van der Waals surface area contributed by atoms with Gasteiger partial charge in [-0.05, 0) is 37.2 Å². The number of unbranched alkanes of at least 4 members (excludes halogenated alkanes) is 1. The maximum Gasteiger partial charge on any atom is 0.310 e. The van der Waals surface area contributed by atoms with Crippen LogP contribution in [0.4, 0.5) is 0 Å². The maximum absolute atomic E-state index is 12.9. The van der Waals surface area contributed by atoms with Crippen molar-refractivity contribution in [3.63, 3.8) is 0 Å². The third kappa shape index (κ3) is 7.52. The van der Waals surface area contributed by atoms with Crippen molar-refractivity contribution in [1.29, 1.82) is 0 Å². The monoisotopic (exact) mass is 404 g/mol. The van der Waals surface area contributed by atoms with Gasteiger partial charge < -0.3 is 14.6 Å². The Morgan fingerprint density at radius 3 is 2.48 bits per heavy atom. The first-order valence-corrected chi connectivity index (χ1v) is 10.5. The molecule has 0 aromatic heterocycles. The molecule has 4 atom stereocenters. The van der Waals surface area contributed by atoms with E-state index in [1.165, 1.54) is 0 Å². The Kier molecular flexibility index (Phi) is 9.16. The second kappa shape index (κ2) is 11.6. The largest absolute Gasteiger partial charge is 0.481 e. The van der Waals surface area contributed by atoms with Gasteiger partial charge in [0.15, 0.2) is 0 Å². The molecule has 4 unspecified atom stereocenters. The molecule has 29 heavy (non-hydrogen) atoms. The fraction of sp³-hybridized carbons (Fsp3) is 0.609. The van der Waals surface area contributed by atoms with E-state index < -0.39 is 29.9 Å². The van der Waals surface area contributed by atoms with Gasteiger partial charge in [0.05, 0.1) is 18.3 Å². The zero-order valence-corrected chi connectivity index (χ0v) is 17.3. The van der Waals surface area contributed by atoms with Crippen molar-refractivity contribution in [2.75, 3.05) is 0 Å². The lowest BCUT2D eigenvalue weighted by atomic mass is 9.74. The third-order valence-electron chi connectivity index (χ3n) is 5.51. The molecule has 1 aromatic rings. The number of ether oxygens (including phenoxy) is 2. The predicted octanol–water partition coefficient (Wildman–Crippen LogP) is 4.36. The van der Waals surface area contributed by atoms with Gasteiger partial charge in [0.25, 0.3) is 0 Å². The third-order valence-corrected chi connectivity index (χ3v) is 5.51. The minimum atomic E-state index is -0.991. The van der Waals surface area contributed by atoms with Gasteiger partial charge in [-0.15, -0.1) is 0 Å². The number of hydrogen-bond donors (Lipinski definition) is 1. The molecule has 2 rings (SSSR count). The van der Waals surface area contributed by atoms with Crippen molar-refractivity contribution in [3.8, 4) is 0 Å². The summed E-state index contributed by atoms with van der Waals surface area (Å²) in [5, 5.41) is 9.10. The zero-order valence-electron chi connectivity index (χ0n) is 17.3. The first kappa shape index (κ1) is 22.9. The second-order valence-corrected chi connectivity index (χ2v) is 8.02. The van der Waals surface area contributed by atoms with E-state index >= 15 is 0 Å². The topological polar surface area (TPSA) is 89.9 Å². The molecular weight excluding hydrogens is 372 g/mol. The zero-order chi connectivity index (χ0) is 21.2. The van der Waals surface area contributed by atoms with Crippen molar-refractivity contribution >= 4 is 17.9 Å². The molecule has 0 bridgehead atoms. The first-order chi connectivity index (χ1) is 13.9. The Bertz CT molecular complexity index is 671. The number of carbonyl (C=O) groups excluding carboxylic acids is 2. The van der Waals surface area contributed by atoms with E-state index in [-0.39, 0.29) is 19.0 Å². The molecule has 1 aliphatic carbocycles. The molecule has 1 aliphatic rings. The van der Waals surface area contributed by atoms with Crippen molar-refractivity contribution in [2.45, 2.75) is 71.5 Å². The van der Waals surface area contributed by atoms with Crippen LogP contribution in [0.5, 0.6) is 0 Å². The fourth-order valence-corrected chi connectivity index (χ4v) is 3.84. The minimum absolute atomic E-state index is 0.172. The number of esters is 2. The smallest absolute Gasteiger partial charge is 0.310 e. The highest BCUT2D eigenvalue weighted by Gasteiger charge is 2.40. The van der Waals surface area contributed by atoms with Crippen LogP contribution in [-0.2, 0) is 30.5 Å². The molecule has 6 heteroatoms. The standard InChI is InChI=1S/C23H32O6/c1-3-4-10-18(14-21(24)25)29-23(27)20-13-16(2)11-12-19(20)22(26)28-15-17-8-6-5-7-9-17/h5-9,16,18-20H,3-4,10-15H2,1-2H3,(H,24,25). The van der Waals surface area contributed by atoms with Crippen LogP contribution in [0.3, 0.4) is 0 Å². The molecule has 0 aliphatic heterocycles. The second-order valence-electron chi connectivity index (χ2n) is 8.02. The summed E-state index contributed by atoms with van der Waals surface area (Å²) in [4.78, 5) is 36.7. The van der Waals surface area contributed by atoms with Crippen molar-refractivity contribution in [2.24, 2.45) is 17.8 Å². The highest BCUT2D eigenvalue weighted by molar-refractivity contribution is 5.82. The van der Waals surface area contributed by atoms with Crippen LogP contribution in [0.2, 0.25) is 0 Å². The Morgan fingerprint density at radius 2 is 1.83 bits per heavy atom. The molecule has 1 saturated carbocycles. The van der Waals surface area contributed by atoms with Crippen LogP contribution in [0.1, 0.15) is 64.4 Å². The number of benzene rings is 1. The lowest BCUT2D eigenvalue weighted by Crippen LogP contribution is -2.38. The molecule has 0 spiro atoms. The summed E-state index contributed by atoms with van der Waals surface area (Å²) < 4.78 is 11.0. The summed E-state index contributed by atoms with van der Waals surface area (Å²) in [5.74, 6) is -2.67. The van der Waals surface area contributed by atoms with Gasteiger partial charge in [-0.2, -0.15) is 0 Å². The van der Waals surface area contributed by atoms with E-state index in [1.54, 1.807) is 0 Å². The molecule has 1 aromatic carbocycles. The van der Waals surface area contributed by atoms with Gasteiger partial charge in [0.2, 0.25) is 0 Å². The fourth-order valence-electron chi connectivity index (χ4n) is 3.84. The van der Waals surface area contributed by atoms with Gasteiger partial charge in [-0.3, -0.25) is 14.4 Å². The molecule has 0 heterocycles. The van der Waals surface area contributed by atoms with Gasteiger partial charge in [-0.1, -0.05) is 57.0 Å². The first-order valence-electron chi connectivity index (χ1n) is 10.5. The highest BCUT2D eigenvalue weighted by Crippen LogP contribution is 2.36. The molecule has 0 amide bonds. The lowest BCUT2D eigenvalue weighted by Gasteiger charge is -2.32. The minimum Gasteiger partial charge on any atom is -0.481 e. The summed E-state index contributed by atoms with van der Waals surface area (Å²) in [5.41, 5.74) is 0.894. The van der Waals surface area contributed by atoms with Gasteiger partial charge in [0.1, 0.15) is 12.7 Å². The van der Waals surface area contributed by atoms with Gasteiger partial charge >= 0.3 is 17.9 Å². The van der Waals surface area contributed by atoms with Crippen molar-refractivity contribution in [1.82, 2.24) is 0 Å². The van der Waals surface area contributed by atoms with E-state index in [4.69, 9.17) is 14.6 Å². The van der Waals surface area contributed by atoms with Crippen LogP contribution in [-0.4, -0.2) is 29.1 Å². The number of carbonyl (C=O) groups is 3. The van der Waals surface area contributed by atoms with E-state index in [1.807, 2.05) is 37.3 Å². The Morgan fingerprint density at radius 1 is 1.10 bits per heavy atom. The number of rotatable bonds is 10. The molecule has 1 N–H and O–H groups in total.